The number of nitrogens with zero attached hydrogens (tertiary/aromatic N) is 7. The van der Waals surface area contributed by atoms with E-state index in [2.05, 4.69) is 25.5 Å². The molecule has 2 aliphatic rings. The quantitative estimate of drug-likeness (QED) is 0.155. The van der Waals surface area contributed by atoms with Crippen molar-refractivity contribution in [1.29, 1.82) is 0 Å². The molecular formula is C32H26F12N8O3. The molecule has 2 saturated heterocycles. The molecule has 0 spiro atoms. The number of carbonyl (C=O) groups is 2. The van der Waals surface area contributed by atoms with E-state index in [0.717, 1.165) is 34.6 Å². The zero-order valence-electron chi connectivity index (χ0n) is 27.6. The van der Waals surface area contributed by atoms with Crippen molar-refractivity contribution in [2.24, 2.45) is 0 Å². The number of benzene rings is 2. The normalized spacial score (nSPS) is 14.8. The molecule has 11 nitrogen and oxygen atoms in total. The maximum Gasteiger partial charge on any atom is 0.416 e. The van der Waals surface area contributed by atoms with Crippen LogP contribution in [-0.4, -0.2) is 77.6 Å². The van der Waals surface area contributed by atoms with Gasteiger partial charge in [-0.15, -0.1) is 10.2 Å². The number of amides is 1. The molecule has 0 aliphatic carbocycles. The standard InChI is InChI=1S/C16H12F6N4O.C13H7F6N3O2.C3H7N/c17-15(18,19)11-6-10(7-12(8-11)16(20,21)22)14-23-9-26(24-14)5-2-13(27)25-3-1-4-25;14-12(15,16)8-3-7(4-9(5-8)13(17,18)19)11-20-6-22(21-11)2-1-10(23)24;1-2-4-3-1/h2,5-9H,1,3-4H2;1-6H,(H,23,24);4H,1-3H2/b5-2-;2-1-;. The van der Waals surface area contributed by atoms with Crippen molar-refractivity contribution in [1.82, 2.24) is 39.7 Å². The number of aliphatic carboxylic acids is 1. The minimum Gasteiger partial charge on any atom is -0.478 e. The lowest BCUT2D eigenvalue weighted by Gasteiger charge is -2.29. The first-order chi connectivity index (χ1) is 25.5. The summed E-state index contributed by atoms with van der Waals surface area (Å²) in [4.78, 5) is 31.0. The largest absolute Gasteiger partial charge is 0.478 e. The minimum atomic E-state index is -4.98. The Morgan fingerprint density at radius 1 is 0.600 bits per heavy atom. The Morgan fingerprint density at radius 2 is 0.945 bits per heavy atom. The molecule has 0 saturated carbocycles. The van der Waals surface area contributed by atoms with Gasteiger partial charge in [-0.1, -0.05) is 0 Å². The maximum absolute atomic E-state index is 12.9. The first kappa shape index (κ1) is 42.0. The van der Waals surface area contributed by atoms with Crippen LogP contribution in [0.15, 0.2) is 61.2 Å². The molecule has 23 heteroatoms. The first-order valence-corrected chi connectivity index (χ1v) is 15.5. The van der Waals surface area contributed by atoms with Crippen LogP contribution in [-0.2, 0) is 34.3 Å². The van der Waals surface area contributed by atoms with Crippen molar-refractivity contribution in [2.75, 3.05) is 26.2 Å². The van der Waals surface area contributed by atoms with Crippen molar-refractivity contribution >= 4 is 24.3 Å². The van der Waals surface area contributed by atoms with Crippen molar-refractivity contribution in [2.45, 2.75) is 37.5 Å². The highest BCUT2D eigenvalue weighted by molar-refractivity contribution is 5.90. The summed E-state index contributed by atoms with van der Waals surface area (Å²) < 4.78 is 156. The summed E-state index contributed by atoms with van der Waals surface area (Å²) in [6.45, 7) is 3.77. The van der Waals surface area contributed by atoms with Crippen LogP contribution in [0.3, 0.4) is 0 Å². The van der Waals surface area contributed by atoms with Crippen LogP contribution >= 0.6 is 0 Å². The van der Waals surface area contributed by atoms with Gasteiger partial charge in [-0.2, -0.15) is 52.7 Å². The maximum atomic E-state index is 12.9. The van der Waals surface area contributed by atoms with Gasteiger partial charge >= 0.3 is 30.7 Å². The summed E-state index contributed by atoms with van der Waals surface area (Å²) >= 11 is 0. The van der Waals surface area contributed by atoms with Crippen LogP contribution in [0.5, 0.6) is 0 Å². The van der Waals surface area contributed by atoms with Gasteiger partial charge in [0, 0.05) is 48.8 Å². The second-order valence-electron chi connectivity index (χ2n) is 11.4. The SMILES string of the molecule is C1CNC1.O=C(/C=C\n1cnc(-c2cc(C(F)(F)F)cc(C(F)(F)F)c2)n1)N1CCC1.O=C(O)/C=C\n1cnc(-c2cc(C(F)(F)F)cc(C(F)(F)F)c2)n1. The van der Waals surface area contributed by atoms with E-state index in [0.29, 0.717) is 43.4 Å². The van der Waals surface area contributed by atoms with E-state index >= 15 is 0 Å². The Bertz CT molecular complexity index is 1950. The van der Waals surface area contributed by atoms with E-state index in [1.165, 1.54) is 31.8 Å². The molecule has 55 heavy (non-hydrogen) atoms. The molecule has 0 bridgehead atoms. The van der Waals surface area contributed by atoms with Crippen LogP contribution in [0, 0.1) is 0 Å². The van der Waals surface area contributed by atoms with Crippen LogP contribution < -0.4 is 5.32 Å². The number of halogens is 12. The molecule has 2 fully saturated rings. The second-order valence-corrected chi connectivity index (χ2v) is 11.4. The van der Waals surface area contributed by atoms with E-state index in [1.54, 1.807) is 4.90 Å². The van der Waals surface area contributed by atoms with Gasteiger partial charge in [0.1, 0.15) is 12.7 Å². The fourth-order valence-electron chi connectivity index (χ4n) is 4.22. The van der Waals surface area contributed by atoms with Gasteiger partial charge in [-0.25, -0.2) is 24.1 Å². The highest BCUT2D eigenvalue weighted by Crippen LogP contribution is 2.39. The highest BCUT2D eigenvalue weighted by atomic mass is 19.4. The predicted octanol–water partition coefficient (Wildman–Crippen LogP) is 7.20. The molecule has 1 amide bonds. The summed E-state index contributed by atoms with van der Waals surface area (Å²) in [5.74, 6) is -2.32. The molecule has 6 rings (SSSR count). The first-order valence-electron chi connectivity index (χ1n) is 15.5. The summed E-state index contributed by atoms with van der Waals surface area (Å²) in [6.07, 6.45) is -11.5. The highest BCUT2D eigenvalue weighted by Gasteiger charge is 2.38. The number of nitrogens with one attached hydrogen (secondary N) is 1. The van der Waals surface area contributed by atoms with Gasteiger partial charge in [0.05, 0.1) is 22.3 Å². The van der Waals surface area contributed by atoms with Gasteiger partial charge in [0.25, 0.3) is 0 Å². The molecule has 0 unspecified atom stereocenters. The fourth-order valence-corrected chi connectivity index (χ4v) is 4.22. The van der Waals surface area contributed by atoms with Crippen LogP contribution in [0.1, 0.15) is 35.1 Å². The van der Waals surface area contributed by atoms with E-state index in [1.807, 2.05) is 0 Å². The number of alkyl halides is 12. The van der Waals surface area contributed by atoms with Gasteiger partial charge < -0.3 is 15.3 Å². The Kier molecular flexibility index (Phi) is 12.8. The van der Waals surface area contributed by atoms with E-state index in [4.69, 9.17) is 5.11 Å². The lowest BCUT2D eigenvalue weighted by molar-refractivity contribution is -0.144. The van der Waals surface area contributed by atoms with Gasteiger partial charge in [0.2, 0.25) is 5.91 Å². The molecule has 296 valence electrons. The Labute approximate surface area is 301 Å². The molecule has 0 radical (unpaired) electrons. The molecule has 2 aromatic heterocycles. The van der Waals surface area contributed by atoms with Crippen LogP contribution in [0.2, 0.25) is 0 Å². The molecule has 2 aliphatic heterocycles. The number of carboxylic acids is 1. The summed E-state index contributed by atoms with van der Waals surface area (Å²) in [5, 5.41) is 19.0. The fraction of sp³-hybridized carbons (Fsp3) is 0.312. The third kappa shape index (κ3) is 12.1. The number of carboxylic acid groups (broad SMARTS) is 1. The van der Waals surface area contributed by atoms with Crippen molar-refractivity contribution < 1.29 is 67.4 Å². The monoisotopic (exact) mass is 798 g/mol. The van der Waals surface area contributed by atoms with Crippen LogP contribution in [0.25, 0.3) is 35.2 Å². The topological polar surface area (TPSA) is 131 Å². The van der Waals surface area contributed by atoms with E-state index < -0.39 is 69.9 Å². The molecule has 0 atom stereocenters. The summed E-state index contributed by atoms with van der Waals surface area (Å²) in [5.41, 5.74) is -6.83. The molecule has 4 heterocycles. The van der Waals surface area contributed by atoms with Gasteiger partial charge in [-0.3, -0.25) is 4.79 Å². The predicted molar refractivity (Wildman–Crippen MR) is 168 cm³/mol. The smallest absolute Gasteiger partial charge is 0.416 e. The number of carbonyl (C=O) groups excluding carboxylic acids is 1. The molecule has 2 N–H and O–H groups in total. The van der Waals surface area contributed by atoms with Crippen molar-refractivity contribution in [3.63, 3.8) is 0 Å². The van der Waals surface area contributed by atoms with Crippen molar-refractivity contribution in [3.8, 4) is 22.8 Å². The van der Waals surface area contributed by atoms with E-state index in [-0.39, 0.29) is 23.9 Å². The lowest BCUT2D eigenvalue weighted by Crippen LogP contribution is -2.41. The number of hydrogen-bond donors (Lipinski definition) is 2. The van der Waals surface area contributed by atoms with E-state index in [9.17, 15) is 62.3 Å². The van der Waals surface area contributed by atoms with Gasteiger partial charge in [-0.05, 0) is 62.3 Å². The summed E-state index contributed by atoms with van der Waals surface area (Å²) in [7, 11) is 0. The molecule has 2 aromatic carbocycles. The average Bonchev–Trinajstić information content (AvgIpc) is 3.70. The average molecular weight is 799 g/mol. The Morgan fingerprint density at radius 3 is 1.22 bits per heavy atom. The number of likely N-dealkylation sites (tertiary alicyclic amines) is 1. The van der Waals surface area contributed by atoms with Gasteiger partial charge in [0.15, 0.2) is 11.6 Å². The van der Waals surface area contributed by atoms with Crippen molar-refractivity contribution in [3.05, 3.63) is 83.5 Å². The zero-order valence-corrected chi connectivity index (χ0v) is 27.6. The lowest BCUT2D eigenvalue weighted by atomic mass is 10.0. The minimum absolute atomic E-state index is 0.00910. The molecule has 4 aromatic rings. The third-order valence-corrected chi connectivity index (χ3v) is 7.32. The Balaban J connectivity index is 0.000000223. The number of hydrogen-bond acceptors (Lipinski definition) is 7. The second kappa shape index (κ2) is 16.7. The number of aromatic nitrogens is 6. The summed E-state index contributed by atoms with van der Waals surface area (Å²) in [6, 6.07) is 2.08. The van der Waals surface area contributed by atoms with Crippen LogP contribution in [0.4, 0.5) is 52.7 Å². The third-order valence-electron chi connectivity index (χ3n) is 7.32. The zero-order chi connectivity index (χ0) is 40.8. The number of rotatable bonds is 6. The molecular weight excluding hydrogens is 772 g/mol. The Hall–Kier alpha value is -5.74.